The summed E-state index contributed by atoms with van der Waals surface area (Å²) >= 11 is 0. The number of allylic oxidation sites excluding steroid dienone is 1. The number of aliphatic hydroxyl groups excluding tert-OH is 1. The Morgan fingerprint density at radius 2 is 1.35 bits per heavy atom. The molecule has 2 fully saturated rings. The molecule has 0 bridgehead atoms. The predicted octanol–water partition coefficient (Wildman–Crippen LogP) is 0.540. The van der Waals surface area contributed by atoms with E-state index in [0.29, 0.717) is 12.8 Å². The molecule has 0 radical (unpaired) electrons. The van der Waals surface area contributed by atoms with E-state index >= 15 is 0 Å². The minimum Gasteiger partial charge on any atom is -0.390 e. The predicted molar refractivity (Wildman–Crippen MR) is 201 cm³/mol. The third-order valence-corrected chi connectivity index (χ3v) is 10.9. The van der Waals surface area contributed by atoms with Crippen LogP contribution >= 0.6 is 0 Å². The van der Waals surface area contributed by atoms with E-state index in [4.69, 9.17) is 0 Å². The normalized spacial score (nSPS) is 29.4. The second-order valence-corrected chi connectivity index (χ2v) is 15.0. The summed E-state index contributed by atoms with van der Waals surface area (Å²) in [6.45, 7) is 15.3. The van der Waals surface area contributed by atoms with E-state index in [2.05, 4.69) is 27.7 Å². The van der Waals surface area contributed by atoms with Crippen LogP contribution in [0.25, 0.3) is 0 Å². The molecule has 17 nitrogen and oxygen atoms in total. The van der Waals surface area contributed by atoms with Gasteiger partial charge in [-0.25, -0.2) is 0 Å². The molecule has 2 rings (SSSR count). The molecular weight excluding hydrogens is 700 g/mol. The highest BCUT2D eigenvalue weighted by Crippen LogP contribution is 2.22. The van der Waals surface area contributed by atoms with Crippen molar-refractivity contribution in [2.45, 2.75) is 141 Å². The van der Waals surface area contributed by atoms with Gasteiger partial charge in [-0.05, 0) is 64.2 Å². The molecule has 0 spiro atoms. The van der Waals surface area contributed by atoms with Gasteiger partial charge < -0.3 is 40.7 Å². The maximum atomic E-state index is 14.1. The SMILES string of the molecule is C=CC(C)CC1NC(=O)C(C(O)CC)N(C)C(=O)C(C)N(C)C(=O)C(C(C)C)NC(=O)C(C(CC)N=O)NC(=O)C2CCCCN2C(=O)C(C)N(C)C1=O. The molecule has 0 aromatic rings. The van der Waals surface area contributed by atoms with Crippen LogP contribution in [0, 0.1) is 16.7 Å². The van der Waals surface area contributed by atoms with Crippen molar-refractivity contribution in [1.82, 2.24) is 35.6 Å². The molecule has 0 saturated carbocycles. The molecule has 54 heavy (non-hydrogen) atoms. The summed E-state index contributed by atoms with van der Waals surface area (Å²) in [4.78, 5) is 115. The largest absolute Gasteiger partial charge is 0.390 e. The number of likely N-dealkylation sites (N-methyl/N-ethyl adjacent to an activating group) is 3. The molecule has 4 N–H and O–H groups in total. The lowest BCUT2D eigenvalue weighted by Gasteiger charge is -2.39. The first kappa shape index (κ1) is 45.7. The number of carbonyl (C=O) groups is 7. The van der Waals surface area contributed by atoms with E-state index in [-0.39, 0.29) is 38.1 Å². The Hall–Kier alpha value is -4.41. The fraction of sp³-hybridized carbons (Fsp3) is 0.757. The van der Waals surface area contributed by atoms with Gasteiger partial charge in [0.2, 0.25) is 41.4 Å². The third-order valence-electron chi connectivity index (χ3n) is 10.9. The number of rotatable bonds is 9. The molecule has 2 aliphatic heterocycles. The zero-order valence-corrected chi connectivity index (χ0v) is 33.5. The van der Waals surface area contributed by atoms with Crippen molar-refractivity contribution in [2.24, 2.45) is 17.0 Å². The molecule has 2 aliphatic rings. The quantitative estimate of drug-likeness (QED) is 0.190. The number of amides is 7. The van der Waals surface area contributed by atoms with E-state index in [1.165, 1.54) is 44.8 Å². The average Bonchev–Trinajstić information content (AvgIpc) is 3.16. The van der Waals surface area contributed by atoms with E-state index in [0.717, 1.165) is 9.80 Å². The van der Waals surface area contributed by atoms with Crippen LogP contribution in [0.5, 0.6) is 0 Å². The fourth-order valence-corrected chi connectivity index (χ4v) is 6.81. The second kappa shape index (κ2) is 20.3. The molecule has 17 heteroatoms. The number of aliphatic hydroxyl groups is 1. The summed E-state index contributed by atoms with van der Waals surface area (Å²) in [7, 11) is 4.08. The Balaban J connectivity index is 2.79. The molecule has 2 saturated heterocycles. The van der Waals surface area contributed by atoms with Gasteiger partial charge in [-0.3, -0.25) is 33.6 Å². The zero-order chi connectivity index (χ0) is 41.2. The Labute approximate surface area is 318 Å². The highest BCUT2D eigenvalue weighted by Gasteiger charge is 2.43. The molecule has 0 aliphatic carbocycles. The van der Waals surface area contributed by atoms with E-state index < -0.39 is 102 Å². The van der Waals surface area contributed by atoms with Crippen molar-refractivity contribution in [3.63, 3.8) is 0 Å². The van der Waals surface area contributed by atoms with Crippen LogP contribution in [0.15, 0.2) is 17.8 Å². The summed E-state index contributed by atoms with van der Waals surface area (Å²) in [5.74, 6) is -5.73. The van der Waals surface area contributed by atoms with E-state index in [1.807, 2.05) is 0 Å². The number of nitroso groups, excluding NO2 is 1. The van der Waals surface area contributed by atoms with Crippen LogP contribution in [0.1, 0.15) is 87.0 Å². The standard InChI is InChI=1S/C37H62N8O9/c1-12-21(6)19-25-36(52)42(9)23(8)35(51)45-18-16-15-17-26(45)31(47)40-29(24(13-2)41-54)32(48)39-28(20(4)5)37(53)43(10)22(7)34(50)44(11)30(27(46)14-3)33(49)38-25/h12,20-30,46H,1,13-19H2,2-11H3,(H,38,49)(H,39,48)(H,40,47). The van der Waals surface area contributed by atoms with Crippen LogP contribution < -0.4 is 16.0 Å². The summed E-state index contributed by atoms with van der Waals surface area (Å²) < 4.78 is 0. The lowest BCUT2D eigenvalue weighted by Crippen LogP contribution is -2.63. The lowest BCUT2D eigenvalue weighted by molar-refractivity contribution is -0.152. The first-order valence-electron chi connectivity index (χ1n) is 18.9. The maximum Gasteiger partial charge on any atom is 0.246 e. The monoisotopic (exact) mass is 762 g/mol. The molecule has 10 atom stereocenters. The molecule has 10 unspecified atom stereocenters. The number of nitrogens with zero attached hydrogens (tertiary/aromatic N) is 5. The van der Waals surface area contributed by atoms with Gasteiger partial charge in [0.15, 0.2) is 0 Å². The Morgan fingerprint density at radius 1 is 0.778 bits per heavy atom. The average molecular weight is 763 g/mol. The van der Waals surface area contributed by atoms with Crippen molar-refractivity contribution in [3.05, 3.63) is 17.6 Å². The van der Waals surface area contributed by atoms with E-state index in [9.17, 15) is 43.6 Å². The third kappa shape index (κ3) is 10.6. The first-order valence-corrected chi connectivity index (χ1v) is 18.9. The Kier molecular flexibility index (Phi) is 17.2. The van der Waals surface area contributed by atoms with Gasteiger partial charge in [0.1, 0.15) is 48.3 Å². The minimum atomic E-state index is -1.50. The number of carbonyl (C=O) groups excluding carboxylic acids is 7. The second-order valence-electron chi connectivity index (χ2n) is 15.0. The molecule has 7 amide bonds. The van der Waals surface area contributed by atoms with Gasteiger partial charge >= 0.3 is 0 Å². The number of hydrogen-bond donors (Lipinski definition) is 4. The van der Waals surface area contributed by atoms with Crippen molar-refractivity contribution in [3.8, 4) is 0 Å². The van der Waals surface area contributed by atoms with Crippen LogP contribution in [0.4, 0.5) is 0 Å². The van der Waals surface area contributed by atoms with Crippen LogP contribution in [0.2, 0.25) is 0 Å². The van der Waals surface area contributed by atoms with Crippen molar-refractivity contribution >= 4 is 41.4 Å². The Bertz CT molecular complexity index is 1410. The highest BCUT2D eigenvalue weighted by atomic mass is 16.3. The number of nitrogens with one attached hydrogen (secondary N) is 3. The molecular formula is C37H62N8O9. The van der Waals surface area contributed by atoms with Gasteiger partial charge in [-0.2, -0.15) is 4.91 Å². The van der Waals surface area contributed by atoms with Crippen LogP contribution in [-0.4, -0.2) is 148 Å². The number of piperidine rings is 1. The summed E-state index contributed by atoms with van der Waals surface area (Å²) in [5, 5.41) is 22.2. The number of hydrogen-bond acceptors (Lipinski definition) is 10. The maximum absolute atomic E-state index is 14.1. The van der Waals surface area contributed by atoms with Crippen molar-refractivity contribution in [1.29, 1.82) is 0 Å². The fourth-order valence-electron chi connectivity index (χ4n) is 6.81. The number of fused-ring (bicyclic) bond motifs is 1. The molecule has 0 aromatic heterocycles. The van der Waals surface area contributed by atoms with E-state index in [1.54, 1.807) is 40.7 Å². The lowest BCUT2D eigenvalue weighted by atomic mass is 9.97. The van der Waals surface area contributed by atoms with Gasteiger partial charge in [-0.15, -0.1) is 6.58 Å². The Morgan fingerprint density at radius 3 is 1.89 bits per heavy atom. The highest BCUT2D eigenvalue weighted by molar-refractivity contribution is 5.98. The van der Waals surface area contributed by atoms with Crippen molar-refractivity contribution < 1.29 is 38.7 Å². The van der Waals surface area contributed by atoms with Gasteiger partial charge in [0.05, 0.1) is 6.10 Å². The minimum absolute atomic E-state index is 0.0623. The molecule has 2 heterocycles. The van der Waals surface area contributed by atoms with Crippen LogP contribution in [-0.2, 0) is 33.6 Å². The first-order chi connectivity index (χ1) is 25.3. The summed E-state index contributed by atoms with van der Waals surface area (Å²) in [6.07, 6.45) is 1.86. The van der Waals surface area contributed by atoms with Gasteiger partial charge in [0.25, 0.3) is 0 Å². The molecule has 304 valence electrons. The van der Waals surface area contributed by atoms with Crippen LogP contribution in [0.3, 0.4) is 0 Å². The van der Waals surface area contributed by atoms with Crippen molar-refractivity contribution in [2.75, 3.05) is 27.7 Å². The zero-order valence-electron chi connectivity index (χ0n) is 33.5. The topological polar surface area (TPSA) is 218 Å². The van der Waals surface area contributed by atoms with Gasteiger partial charge in [0, 0.05) is 27.7 Å². The summed E-state index contributed by atoms with van der Waals surface area (Å²) in [5.41, 5.74) is 0. The molecule has 0 aromatic carbocycles. The van der Waals surface area contributed by atoms with Gasteiger partial charge in [-0.1, -0.05) is 45.9 Å². The smallest absolute Gasteiger partial charge is 0.246 e. The summed E-state index contributed by atoms with van der Waals surface area (Å²) in [6, 6.07) is -9.97.